The lowest BCUT2D eigenvalue weighted by Gasteiger charge is -2.12. The minimum Gasteiger partial charge on any atom is -0.493 e. The summed E-state index contributed by atoms with van der Waals surface area (Å²) in [5, 5.41) is 3.08. The van der Waals surface area contributed by atoms with Crippen molar-refractivity contribution >= 4 is 5.65 Å². The van der Waals surface area contributed by atoms with Crippen molar-refractivity contribution in [3.8, 4) is 22.6 Å². The van der Waals surface area contributed by atoms with Gasteiger partial charge in [0.1, 0.15) is 0 Å². The number of fused-ring (bicyclic) bond motifs is 1. The van der Waals surface area contributed by atoms with Gasteiger partial charge in [-0.25, -0.2) is 9.50 Å². The van der Waals surface area contributed by atoms with Crippen molar-refractivity contribution in [3.05, 3.63) is 46.0 Å². The summed E-state index contributed by atoms with van der Waals surface area (Å²) in [4.78, 5) is 17.8. The number of methoxy groups -OCH3 is 2. The zero-order valence-electron chi connectivity index (χ0n) is 15.3. The van der Waals surface area contributed by atoms with Crippen LogP contribution in [0.25, 0.3) is 16.8 Å². The summed E-state index contributed by atoms with van der Waals surface area (Å²) in [7, 11) is 3.22. The van der Waals surface area contributed by atoms with E-state index in [1.165, 1.54) is 12.8 Å². The SMILES string of the molecule is COc1ccc(-c2c[nH]n3c(=O)c(C4CCCC4)c(C)nc23)cc1OC. The van der Waals surface area contributed by atoms with E-state index in [-0.39, 0.29) is 5.56 Å². The van der Waals surface area contributed by atoms with Gasteiger partial charge in [0.2, 0.25) is 0 Å². The maximum absolute atomic E-state index is 13.1. The van der Waals surface area contributed by atoms with Crippen LogP contribution in [0.3, 0.4) is 0 Å². The summed E-state index contributed by atoms with van der Waals surface area (Å²) in [6.45, 7) is 1.94. The minimum atomic E-state index is 0.0196. The highest BCUT2D eigenvalue weighted by molar-refractivity contribution is 5.78. The first kappa shape index (κ1) is 16.7. The van der Waals surface area contributed by atoms with Crippen molar-refractivity contribution in [2.75, 3.05) is 14.2 Å². The van der Waals surface area contributed by atoms with Crippen LogP contribution in [0.15, 0.2) is 29.2 Å². The quantitative estimate of drug-likeness (QED) is 0.777. The maximum atomic E-state index is 13.1. The average Bonchev–Trinajstić information content (AvgIpc) is 3.31. The molecule has 1 aliphatic rings. The molecule has 6 nitrogen and oxygen atoms in total. The second-order valence-electron chi connectivity index (χ2n) is 6.81. The molecule has 0 amide bonds. The highest BCUT2D eigenvalue weighted by Gasteiger charge is 2.25. The number of aryl methyl sites for hydroxylation is 1. The van der Waals surface area contributed by atoms with Gasteiger partial charge in [0.25, 0.3) is 5.56 Å². The third kappa shape index (κ3) is 2.57. The number of nitrogens with zero attached hydrogens (tertiary/aromatic N) is 2. The number of H-pyrrole nitrogens is 1. The Morgan fingerprint density at radius 2 is 1.88 bits per heavy atom. The Hall–Kier alpha value is -2.76. The van der Waals surface area contributed by atoms with Gasteiger partial charge in [0.15, 0.2) is 17.1 Å². The Labute approximate surface area is 151 Å². The maximum Gasteiger partial charge on any atom is 0.276 e. The monoisotopic (exact) mass is 353 g/mol. The molecular formula is C20H23N3O3. The molecule has 1 saturated carbocycles. The number of rotatable bonds is 4. The van der Waals surface area contributed by atoms with Crippen LogP contribution in [-0.4, -0.2) is 28.8 Å². The molecule has 26 heavy (non-hydrogen) atoms. The van der Waals surface area contributed by atoms with Gasteiger partial charge in [-0.3, -0.25) is 9.89 Å². The number of hydrogen-bond acceptors (Lipinski definition) is 4. The summed E-state index contributed by atoms with van der Waals surface area (Å²) in [6, 6.07) is 5.70. The standard InChI is InChI=1S/C20H23N3O3/c1-12-18(13-6-4-5-7-13)20(24)23-19(22-12)15(11-21-23)14-8-9-16(25-2)17(10-14)26-3/h8-11,13,21H,4-7H2,1-3H3. The van der Waals surface area contributed by atoms with Gasteiger partial charge in [-0.2, -0.15) is 0 Å². The molecule has 3 aromatic rings. The van der Waals surface area contributed by atoms with Crippen molar-refractivity contribution in [1.82, 2.24) is 14.6 Å². The number of aromatic amines is 1. The number of benzene rings is 1. The molecule has 0 radical (unpaired) electrons. The molecule has 0 bridgehead atoms. The molecule has 6 heteroatoms. The number of ether oxygens (including phenoxy) is 2. The van der Waals surface area contributed by atoms with Gasteiger partial charge >= 0.3 is 0 Å². The Morgan fingerprint density at radius 1 is 1.15 bits per heavy atom. The molecule has 1 fully saturated rings. The molecule has 4 rings (SSSR count). The van der Waals surface area contributed by atoms with Crippen LogP contribution >= 0.6 is 0 Å². The molecule has 2 heterocycles. The summed E-state index contributed by atoms with van der Waals surface area (Å²) in [5.74, 6) is 1.65. The highest BCUT2D eigenvalue weighted by atomic mass is 16.5. The molecule has 136 valence electrons. The summed E-state index contributed by atoms with van der Waals surface area (Å²) >= 11 is 0. The van der Waals surface area contributed by atoms with E-state index in [0.717, 1.165) is 35.2 Å². The topological polar surface area (TPSA) is 68.6 Å². The Kier molecular flexibility index (Phi) is 4.18. The average molecular weight is 353 g/mol. The second kappa shape index (κ2) is 6.52. The molecule has 0 aliphatic heterocycles. The van der Waals surface area contributed by atoms with E-state index in [4.69, 9.17) is 14.5 Å². The van der Waals surface area contributed by atoms with E-state index in [1.807, 2.05) is 31.3 Å². The zero-order valence-corrected chi connectivity index (χ0v) is 15.3. The smallest absolute Gasteiger partial charge is 0.276 e. The van der Waals surface area contributed by atoms with E-state index in [9.17, 15) is 4.79 Å². The predicted molar refractivity (Wildman–Crippen MR) is 100 cm³/mol. The fraction of sp³-hybridized carbons (Fsp3) is 0.400. The van der Waals surface area contributed by atoms with E-state index < -0.39 is 0 Å². The minimum absolute atomic E-state index is 0.0196. The molecule has 0 unspecified atom stereocenters. The van der Waals surface area contributed by atoms with E-state index in [0.29, 0.717) is 23.1 Å². The van der Waals surface area contributed by atoms with Crippen LogP contribution < -0.4 is 15.0 Å². The molecule has 2 aromatic heterocycles. The lowest BCUT2D eigenvalue weighted by molar-refractivity contribution is 0.355. The molecule has 1 N–H and O–H groups in total. The van der Waals surface area contributed by atoms with Crippen LogP contribution in [0.1, 0.15) is 42.9 Å². The summed E-state index contributed by atoms with van der Waals surface area (Å²) in [6.07, 6.45) is 6.35. The molecule has 1 aliphatic carbocycles. The van der Waals surface area contributed by atoms with Crippen molar-refractivity contribution in [2.24, 2.45) is 0 Å². The first-order valence-corrected chi connectivity index (χ1v) is 8.97. The van der Waals surface area contributed by atoms with Crippen LogP contribution in [0.4, 0.5) is 0 Å². The van der Waals surface area contributed by atoms with Gasteiger partial charge in [-0.1, -0.05) is 18.9 Å². The Morgan fingerprint density at radius 3 is 2.58 bits per heavy atom. The fourth-order valence-electron chi connectivity index (χ4n) is 4.04. The Balaban J connectivity index is 1.87. The van der Waals surface area contributed by atoms with Crippen molar-refractivity contribution in [1.29, 1.82) is 0 Å². The van der Waals surface area contributed by atoms with Gasteiger partial charge in [0, 0.05) is 23.0 Å². The van der Waals surface area contributed by atoms with Crippen LogP contribution in [0.5, 0.6) is 11.5 Å². The van der Waals surface area contributed by atoms with Gasteiger partial charge < -0.3 is 9.47 Å². The van der Waals surface area contributed by atoms with Crippen LogP contribution in [-0.2, 0) is 0 Å². The largest absolute Gasteiger partial charge is 0.493 e. The summed E-state index contributed by atoms with van der Waals surface area (Å²) < 4.78 is 12.3. The molecule has 0 atom stereocenters. The fourth-order valence-corrected chi connectivity index (χ4v) is 4.04. The van der Waals surface area contributed by atoms with E-state index in [2.05, 4.69) is 5.10 Å². The Bertz CT molecular complexity index is 1010. The first-order chi connectivity index (χ1) is 12.6. The number of hydrogen-bond donors (Lipinski definition) is 1. The predicted octanol–water partition coefficient (Wildman–Crippen LogP) is 3.67. The zero-order chi connectivity index (χ0) is 18.3. The highest BCUT2D eigenvalue weighted by Crippen LogP contribution is 2.35. The van der Waals surface area contributed by atoms with Crippen molar-refractivity contribution in [3.63, 3.8) is 0 Å². The number of aromatic nitrogens is 3. The van der Waals surface area contributed by atoms with Gasteiger partial charge in [-0.05, 0) is 43.4 Å². The lowest BCUT2D eigenvalue weighted by Crippen LogP contribution is -2.23. The second-order valence-corrected chi connectivity index (χ2v) is 6.81. The first-order valence-electron chi connectivity index (χ1n) is 8.97. The van der Waals surface area contributed by atoms with Crippen molar-refractivity contribution < 1.29 is 9.47 Å². The third-order valence-electron chi connectivity index (χ3n) is 5.35. The summed E-state index contributed by atoms with van der Waals surface area (Å²) in [5.41, 5.74) is 4.14. The van der Waals surface area contributed by atoms with E-state index in [1.54, 1.807) is 18.7 Å². The normalized spacial score (nSPS) is 14.9. The molecule has 1 aromatic carbocycles. The van der Waals surface area contributed by atoms with Gasteiger partial charge in [0.05, 0.1) is 14.2 Å². The molecular weight excluding hydrogens is 330 g/mol. The molecule has 0 spiro atoms. The van der Waals surface area contributed by atoms with Gasteiger partial charge in [-0.15, -0.1) is 0 Å². The number of nitrogens with one attached hydrogen (secondary N) is 1. The van der Waals surface area contributed by atoms with Crippen LogP contribution in [0, 0.1) is 6.92 Å². The van der Waals surface area contributed by atoms with E-state index >= 15 is 0 Å². The molecule has 0 saturated heterocycles. The lowest BCUT2D eigenvalue weighted by atomic mass is 9.97. The van der Waals surface area contributed by atoms with Crippen molar-refractivity contribution in [2.45, 2.75) is 38.5 Å². The third-order valence-corrected chi connectivity index (χ3v) is 5.35. The van der Waals surface area contributed by atoms with Crippen LogP contribution in [0.2, 0.25) is 0 Å².